The van der Waals surface area contributed by atoms with Crippen molar-refractivity contribution in [1.29, 1.82) is 0 Å². The van der Waals surface area contributed by atoms with Crippen LogP contribution in [-0.4, -0.2) is 24.1 Å². The lowest BCUT2D eigenvalue weighted by Gasteiger charge is -2.20. The van der Waals surface area contributed by atoms with Crippen molar-refractivity contribution in [2.75, 3.05) is 0 Å². The molecule has 0 bridgehead atoms. The molecule has 0 saturated carbocycles. The van der Waals surface area contributed by atoms with Gasteiger partial charge in [-0.1, -0.05) is 75.2 Å². The number of hydrazone groups is 1. The Hall–Kier alpha value is -2.37. The van der Waals surface area contributed by atoms with Gasteiger partial charge in [-0.15, -0.1) is 0 Å². The van der Waals surface area contributed by atoms with Gasteiger partial charge in [0.1, 0.15) is 6.04 Å². The standard InChI is InChI=1S/C22H25Cl2N3O2/c1-13(2)16-7-5-15(6-8-16)12-25-27-22(29)20(14(3)4)26-21(28)18-10-9-17(23)11-19(18)24/h5-14,20H,1-4H3,(H,26,28)(H,27,29)/b25-12+. The molecule has 0 fully saturated rings. The topological polar surface area (TPSA) is 70.6 Å². The molecule has 0 radical (unpaired) electrons. The molecule has 2 N–H and O–H groups in total. The van der Waals surface area contributed by atoms with E-state index in [4.69, 9.17) is 23.2 Å². The molecule has 1 unspecified atom stereocenters. The number of carbonyl (C=O) groups is 2. The van der Waals surface area contributed by atoms with E-state index in [-0.39, 0.29) is 16.5 Å². The second-order valence-corrected chi connectivity index (χ2v) is 8.22. The average Bonchev–Trinajstić information content (AvgIpc) is 2.65. The number of benzene rings is 2. The van der Waals surface area contributed by atoms with Crippen LogP contribution >= 0.6 is 23.2 Å². The molecule has 1 atom stereocenters. The Bertz CT molecular complexity index is 893. The van der Waals surface area contributed by atoms with Crippen molar-refractivity contribution in [3.63, 3.8) is 0 Å². The van der Waals surface area contributed by atoms with Gasteiger partial charge in [0.05, 0.1) is 16.8 Å². The van der Waals surface area contributed by atoms with Gasteiger partial charge in [-0.25, -0.2) is 5.43 Å². The van der Waals surface area contributed by atoms with Crippen molar-refractivity contribution in [1.82, 2.24) is 10.7 Å². The van der Waals surface area contributed by atoms with Gasteiger partial charge in [0.2, 0.25) is 0 Å². The van der Waals surface area contributed by atoms with Crippen molar-refractivity contribution in [3.05, 3.63) is 69.2 Å². The first-order chi connectivity index (χ1) is 13.7. The summed E-state index contributed by atoms with van der Waals surface area (Å²) in [7, 11) is 0. The lowest BCUT2D eigenvalue weighted by Crippen LogP contribution is -2.48. The summed E-state index contributed by atoms with van der Waals surface area (Å²) in [4.78, 5) is 25.1. The number of amides is 2. The van der Waals surface area contributed by atoms with Gasteiger partial charge in [0, 0.05) is 5.02 Å². The molecule has 0 aliphatic heterocycles. The van der Waals surface area contributed by atoms with Crippen LogP contribution in [0.25, 0.3) is 0 Å². The minimum absolute atomic E-state index is 0.148. The lowest BCUT2D eigenvalue weighted by atomic mass is 10.0. The van der Waals surface area contributed by atoms with E-state index in [1.807, 2.05) is 38.1 Å². The molecular weight excluding hydrogens is 409 g/mol. The highest BCUT2D eigenvalue weighted by Gasteiger charge is 2.25. The zero-order valence-corrected chi connectivity index (χ0v) is 18.4. The van der Waals surface area contributed by atoms with Crippen LogP contribution in [-0.2, 0) is 4.79 Å². The molecule has 0 saturated heterocycles. The number of carbonyl (C=O) groups excluding carboxylic acids is 2. The van der Waals surface area contributed by atoms with Gasteiger partial charge in [-0.3, -0.25) is 9.59 Å². The normalized spacial score (nSPS) is 12.4. The molecule has 0 aromatic heterocycles. The van der Waals surface area contributed by atoms with Crippen molar-refractivity contribution in [2.45, 2.75) is 39.7 Å². The van der Waals surface area contributed by atoms with Crippen LogP contribution in [0.5, 0.6) is 0 Å². The predicted molar refractivity (Wildman–Crippen MR) is 119 cm³/mol. The number of rotatable bonds is 7. The number of nitrogens with zero attached hydrogens (tertiary/aromatic N) is 1. The van der Waals surface area contributed by atoms with Gasteiger partial charge < -0.3 is 5.32 Å². The number of nitrogens with one attached hydrogen (secondary N) is 2. The van der Waals surface area contributed by atoms with Gasteiger partial charge in [-0.05, 0) is 41.2 Å². The smallest absolute Gasteiger partial charge is 0.262 e. The van der Waals surface area contributed by atoms with Crippen LogP contribution in [0, 0.1) is 5.92 Å². The van der Waals surface area contributed by atoms with E-state index in [1.165, 1.54) is 17.7 Å². The van der Waals surface area contributed by atoms with E-state index >= 15 is 0 Å². The summed E-state index contributed by atoms with van der Waals surface area (Å²) in [5.74, 6) is -0.557. The Balaban J connectivity index is 2.02. The van der Waals surface area contributed by atoms with Gasteiger partial charge >= 0.3 is 0 Å². The van der Waals surface area contributed by atoms with Crippen LogP contribution in [0.3, 0.4) is 0 Å². The van der Waals surface area contributed by atoms with E-state index in [9.17, 15) is 9.59 Å². The molecule has 2 amide bonds. The number of hydrogen-bond donors (Lipinski definition) is 2. The van der Waals surface area contributed by atoms with E-state index in [0.717, 1.165) is 5.56 Å². The SMILES string of the molecule is CC(C)c1ccc(/C=N/NC(=O)C(NC(=O)c2ccc(Cl)cc2Cl)C(C)C)cc1. The minimum Gasteiger partial charge on any atom is -0.340 e. The maximum atomic E-state index is 12.5. The Morgan fingerprint density at radius 2 is 1.66 bits per heavy atom. The highest BCUT2D eigenvalue weighted by Crippen LogP contribution is 2.21. The van der Waals surface area contributed by atoms with E-state index in [2.05, 4.69) is 29.7 Å². The molecule has 0 spiro atoms. The first-order valence-corrected chi connectivity index (χ1v) is 10.1. The van der Waals surface area contributed by atoms with Gasteiger partial charge in [0.15, 0.2) is 0 Å². The maximum Gasteiger partial charge on any atom is 0.262 e. The molecular formula is C22H25Cl2N3O2. The van der Waals surface area contributed by atoms with E-state index < -0.39 is 17.9 Å². The summed E-state index contributed by atoms with van der Waals surface area (Å²) in [5.41, 5.74) is 4.84. The molecule has 29 heavy (non-hydrogen) atoms. The molecule has 0 heterocycles. The fourth-order valence-corrected chi connectivity index (χ4v) is 3.13. The monoisotopic (exact) mass is 433 g/mol. The fourth-order valence-electron chi connectivity index (χ4n) is 2.63. The molecule has 2 aromatic rings. The minimum atomic E-state index is -0.769. The van der Waals surface area contributed by atoms with Crippen molar-refractivity contribution in [2.24, 2.45) is 11.0 Å². The Morgan fingerprint density at radius 1 is 1.00 bits per heavy atom. The number of hydrogen-bond acceptors (Lipinski definition) is 3. The quantitative estimate of drug-likeness (QED) is 0.475. The molecule has 2 rings (SSSR count). The predicted octanol–water partition coefficient (Wildman–Crippen LogP) is 5.02. The second kappa shape index (κ2) is 10.4. The zero-order chi connectivity index (χ0) is 21.6. The molecule has 0 aliphatic carbocycles. The van der Waals surface area contributed by atoms with Crippen molar-refractivity contribution >= 4 is 41.2 Å². The summed E-state index contributed by atoms with van der Waals surface area (Å²) >= 11 is 11.9. The summed E-state index contributed by atoms with van der Waals surface area (Å²) in [5, 5.41) is 7.37. The largest absolute Gasteiger partial charge is 0.340 e. The third-order valence-electron chi connectivity index (χ3n) is 4.40. The molecule has 2 aromatic carbocycles. The third kappa shape index (κ3) is 6.58. The lowest BCUT2D eigenvalue weighted by molar-refractivity contribution is -0.123. The zero-order valence-electron chi connectivity index (χ0n) is 16.9. The highest BCUT2D eigenvalue weighted by atomic mass is 35.5. The van der Waals surface area contributed by atoms with Crippen molar-refractivity contribution in [3.8, 4) is 0 Å². The second-order valence-electron chi connectivity index (χ2n) is 7.37. The summed E-state index contributed by atoms with van der Waals surface area (Å²) in [6.07, 6.45) is 1.57. The summed E-state index contributed by atoms with van der Waals surface area (Å²) < 4.78 is 0. The van der Waals surface area contributed by atoms with Gasteiger partial charge in [0.25, 0.3) is 11.8 Å². The Morgan fingerprint density at radius 3 is 2.21 bits per heavy atom. The fraction of sp³-hybridized carbons (Fsp3) is 0.318. The molecule has 0 aliphatic rings. The van der Waals surface area contributed by atoms with Crippen LogP contribution in [0.2, 0.25) is 10.0 Å². The van der Waals surface area contributed by atoms with Crippen LogP contribution in [0.1, 0.15) is 55.1 Å². The van der Waals surface area contributed by atoms with Crippen LogP contribution < -0.4 is 10.7 Å². The molecule has 7 heteroatoms. The highest BCUT2D eigenvalue weighted by molar-refractivity contribution is 6.36. The number of halogens is 2. The Labute approximate surface area is 181 Å². The van der Waals surface area contributed by atoms with Gasteiger partial charge in [-0.2, -0.15) is 5.10 Å². The summed E-state index contributed by atoms with van der Waals surface area (Å²) in [6.45, 7) is 7.92. The Kier molecular flexibility index (Phi) is 8.23. The first kappa shape index (κ1) is 22.9. The molecule has 154 valence electrons. The average molecular weight is 434 g/mol. The summed E-state index contributed by atoms with van der Waals surface area (Å²) in [6, 6.07) is 11.7. The first-order valence-electron chi connectivity index (χ1n) is 9.37. The maximum absolute atomic E-state index is 12.5. The van der Waals surface area contributed by atoms with Crippen LogP contribution in [0.4, 0.5) is 0 Å². The van der Waals surface area contributed by atoms with E-state index in [0.29, 0.717) is 10.9 Å². The van der Waals surface area contributed by atoms with E-state index in [1.54, 1.807) is 12.3 Å². The third-order valence-corrected chi connectivity index (χ3v) is 4.95. The van der Waals surface area contributed by atoms with Crippen molar-refractivity contribution < 1.29 is 9.59 Å². The molecule has 5 nitrogen and oxygen atoms in total. The van der Waals surface area contributed by atoms with Crippen LogP contribution in [0.15, 0.2) is 47.6 Å².